The minimum atomic E-state index is -0.357. The van der Waals surface area contributed by atoms with Crippen molar-refractivity contribution in [2.45, 2.75) is 26.8 Å². The molecule has 0 fully saturated rings. The molecule has 1 aliphatic heterocycles. The van der Waals surface area contributed by atoms with Crippen molar-refractivity contribution in [2.75, 3.05) is 13.7 Å². The molecule has 0 radical (unpaired) electrons. The molecule has 162 valence electrons. The van der Waals surface area contributed by atoms with Gasteiger partial charge in [-0.05, 0) is 54.2 Å². The molecule has 0 saturated carbocycles. The Labute approximate surface area is 190 Å². The lowest BCUT2D eigenvalue weighted by Crippen LogP contribution is -2.47. The number of phenols is 1. The summed E-state index contributed by atoms with van der Waals surface area (Å²) in [4.78, 5) is 7.67. The molecule has 2 aromatic heterocycles. The van der Waals surface area contributed by atoms with E-state index in [1.165, 1.54) is 7.11 Å². The Morgan fingerprint density at radius 3 is 2.81 bits per heavy atom. The molecule has 1 aromatic carbocycles. The molecule has 3 aromatic rings. The fourth-order valence-electron chi connectivity index (χ4n) is 3.62. The van der Waals surface area contributed by atoms with Gasteiger partial charge in [-0.25, -0.2) is 0 Å². The largest absolute Gasteiger partial charge is 0.504 e. The van der Waals surface area contributed by atoms with Gasteiger partial charge in [0.2, 0.25) is 5.82 Å². The SMILES string of the molecule is COc1ccc(C2NC(=S)N(CC(C)C)C(C)=C2c2nc(-c3cccs3)no2)cc1O. The van der Waals surface area contributed by atoms with Gasteiger partial charge in [0.1, 0.15) is 0 Å². The number of allylic oxidation sites excluding steroid dienone is 1. The van der Waals surface area contributed by atoms with E-state index in [0.29, 0.717) is 28.5 Å². The van der Waals surface area contributed by atoms with Crippen molar-refractivity contribution in [3.05, 3.63) is 52.9 Å². The number of benzene rings is 1. The molecular weight excluding hydrogens is 432 g/mol. The van der Waals surface area contributed by atoms with E-state index in [4.69, 9.17) is 21.5 Å². The van der Waals surface area contributed by atoms with E-state index in [1.54, 1.807) is 23.5 Å². The number of rotatable bonds is 6. The minimum Gasteiger partial charge on any atom is -0.504 e. The van der Waals surface area contributed by atoms with Gasteiger partial charge in [0, 0.05) is 12.2 Å². The van der Waals surface area contributed by atoms with Crippen LogP contribution in [0.2, 0.25) is 0 Å². The molecule has 0 spiro atoms. The molecule has 0 aliphatic carbocycles. The smallest absolute Gasteiger partial charge is 0.258 e. The molecule has 0 amide bonds. The summed E-state index contributed by atoms with van der Waals surface area (Å²) in [5.74, 6) is 1.83. The highest BCUT2D eigenvalue weighted by Crippen LogP contribution is 2.40. The van der Waals surface area contributed by atoms with Crippen LogP contribution in [0, 0.1) is 5.92 Å². The second kappa shape index (κ2) is 8.68. The highest BCUT2D eigenvalue weighted by molar-refractivity contribution is 7.80. The average molecular weight is 457 g/mol. The van der Waals surface area contributed by atoms with Crippen molar-refractivity contribution in [2.24, 2.45) is 5.92 Å². The Morgan fingerprint density at radius 2 is 2.16 bits per heavy atom. The molecule has 4 rings (SSSR count). The van der Waals surface area contributed by atoms with Gasteiger partial charge in [-0.3, -0.25) is 0 Å². The first-order chi connectivity index (χ1) is 14.9. The number of nitrogens with zero attached hydrogens (tertiary/aromatic N) is 3. The van der Waals surface area contributed by atoms with Crippen LogP contribution in [0.1, 0.15) is 38.3 Å². The maximum Gasteiger partial charge on any atom is 0.258 e. The third kappa shape index (κ3) is 4.15. The highest BCUT2D eigenvalue weighted by atomic mass is 32.1. The van der Waals surface area contributed by atoms with Gasteiger partial charge < -0.3 is 24.6 Å². The molecule has 0 saturated heterocycles. The fraction of sp³-hybridized carbons (Fsp3) is 0.318. The van der Waals surface area contributed by atoms with Crippen LogP contribution in [-0.2, 0) is 0 Å². The van der Waals surface area contributed by atoms with Crippen LogP contribution in [0.3, 0.4) is 0 Å². The van der Waals surface area contributed by atoms with E-state index in [1.807, 2.05) is 30.5 Å². The van der Waals surface area contributed by atoms with E-state index >= 15 is 0 Å². The first-order valence-corrected chi connectivity index (χ1v) is 11.2. The standard InChI is InChI=1S/C22H24N4O3S2/c1-12(2)11-26-13(3)18(21-24-20(25-29-21)17-6-5-9-31-17)19(23-22(26)30)14-7-8-16(28-4)15(27)10-14/h5-10,12,19,27H,11H2,1-4H3,(H,23,30). The van der Waals surface area contributed by atoms with Crippen LogP contribution < -0.4 is 10.1 Å². The minimum absolute atomic E-state index is 0.0548. The number of thiophene rings is 1. The predicted molar refractivity (Wildman–Crippen MR) is 125 cm³/mol. The van der Waals surface area contributed by atoms with Gasteiger partial charge in [-0.1, -0.05) is 31.1 Å². The lowest BCUT2D eigenvalue weighted by Gasteiger charge is -2.38. The zero-order valence-electron chi connectivity index (χ0n) is 17.7. The number of nitrogens with one attached hydrogen (secondary N) is 1. The number of aromatic nitrogens is 2. The van der Waals surface area contributed by atoms with Gasteiger partial charge in [0.15, 0.2) is 16.6 Å². The number of hydrogen-bond donors (Lipinski definition) is 2. The van der Waals surface area contributed by atoms with Crippen LogP contribution in [0.15, 0.2) is 45.9 Å². The highest BCUT2D eigenvalue weighted by Gasteiger charge is 2.34. The van der Waals surface area contributed by atoms with Crippen LogP contribution in [0.4, 0.5) is 0 Å². The molecule has 2 N–H and O–H groups in total. The second-order valence-electron chi connectivity index (χ2n) is 7.72. The van der Waals surface area contributed by atoms with E-state index < -0.39 is 0 Å². The zero-order valence-corrected chi connectivity index (χ0v) is 19.4. The van der Waals surface area contributed by atoms with Crippen molar-refractivity contribution in [3.63, 3.8) is 0 Å². The van der Waals surface area contributed by atoms with E-state index in [2.05, 4.69) is 34.2 Å². The first-order valence-electron chi connectivity index (χ1n) is 9.92. The van der Waals surface area contributed by atoms with Crippen molar-refractivity contribution >= 4 is 34.2 Å². The monoisotopic (exact) mass is 456 g/mol. The summed E-state index contributed by atoms with van der Waals surface area (Å²) in [6.07, 6.45) is 0. The van der Waals surface area contributed by atoms with E-state index in [-0.39, 0.29) is 11.8 Å². The summed E-state index contributed by atoms with van der Waals surface area (Å²) in [7, 11) is 1.52. The Balaban J connectivity index is 1.82. The number of methoxy groups -OCH3 is 1. The van der Waals surface area contributed by atoms with Crippen molar-refractivity contribution in [1.29, 1.82) is 0 Å². The predicted octanol–water partition coefficient (Wildman–Crippen LogP) is 4.83. The van der Waals surface area contributed by atoms with Crippen molar-refractivity contribution in [1.82, 2.24) is 20.4 Å². The van der Waals surface area contributed by atoms with Gasteiger partial charge in [-0.15, -0.1) is 11.3 Å². The lowest BCUT2D eigenvalue weighted by molar-refractivity contribution is 0.371. The lowest BCUT2D eigenvalue weighted by atomic mass is 9.94. The number of hydrogen-bond acceptors (Lipinski definition) is 7. The third-order valence-electron chi connectivity index (χ3n) is 5.08. The van der Waals surface area contributed by atoms with Crippen LogP contribution >= 0.6 is 23.6 Å². The Bertz CT molecular complexity index is 1120. The first kappa shape index (κ1) is 21.3. The molecule has 3 heterocycles. The van der Waals surface area contributed by atoms with Crippen molar-refractivity contribution in [3.8, 4) is 22.2 Å². The van der Waals surface area contributed by atoms with Crippen LogP contribution in [0.5, 0.6) is 11.5 Å². The number of ether oxygens (including phenoxy) is 1. The molecule has 7 nitrogen and oxygen atoms in total. The average Bonchev–Trinajstić information content (AvgIpc) is 3.42. The zero-order chi connectivity index (χ0) is 22.1. The molecule has 1 unspecified atom stereocenters. The van der Waals surface area contributed by atoms with Gasteiger partial charge in [0.05, 0.1) is 23.6 Å². The summed E-state index contributed by atoms with van der Waals surface area (Å²) < 4.78 is 10.9. The van der Waals surface area contributed by atoms with Gasteiger partial charge in [-0.2, -0.15) is 4.98 Å². The second-order valence-corrected chi connectivity index (χ2v) is 9.05. The molecule has 1 aliphatic rings. The Morgan fingerprint density at radius 1 is 1.35 bits per heavy atom. The number of thiocarbonyl (C=S) groups is 1. The molecular formula is C22H24N4O3S2. The Kier molecular flexibility index (Phi) is 5.97. The molecule has 0 bridgehead atoms. The van der Waals surface area contributed by atoms with E-state index in [9.17, 15) is 5.11 Å². The van der Waals surface area contributed by atoms with Crippen LogP contribution in [-0.4, -0.2) is 38.9 Å². The fourth-order valence-corrected chi connectivity index (χ4v) is 4.60. The summed E-state index contributed by atoms with van der Waals surface area (Å²) in [5, 5.41) is 20.5. The third-order valence-corrected chi connectivity index (χ3v) is 6.28. The summed E-state index contributed by atoms with van der Waals surface area (Å²) in [6, 6.07) is 8.84. The van der Waals surface area contributed by atoms with Gasteiger partial charge in [0.25, 0.3) is 5.89 Å². The quantitative estimate of drug-likeness (QED) is 0.510. The topological polar surface area (TPSA) is 83.7 Å². The normalized spacial score (nSPS) is 16.7. The molecule has 31 heavy (non-hydrogen) atoms. The summed E-state index contributed by atoms with van der Waals surface area (Å²) in [6.45, 7) is 7.05. The van der Waals surface area contributed by atoms with Crippen molar-refractivity contribution < 1.29 is 14.4 Å². The van der Waals surface area contributed by atoms with Gasteiger partial charge >= 0.3 is 0 Å². The van der Waals surface area contributed by atoms with E-state index in [0.717, 1.165) is 28.3 Å². The Hall–Kier alpha value is -2.91. The maximum absolute atomic E-state index is 10.3. The summed E-state index contributed by atoms with van der Waals surface area (Å²) >= 11 is 7.24. The molecule has 9 heteroatoms. The number of aromatic hydroxyl groups is 1. The van der Waals surface area contributed by atoms with Crippen LogP contribution in [0.25, 0.3) is 16.3 Å². The maximum atomic E-state index is 10.3. The number of phenolic OH excluding ortho intramolecular Hbond substituents is 1. The summed E-state index contributed by atoms with van der Waals surface area (Å²) in [5.41, 5.74) is 2.59. The molecule has 1 atom stereocenters.